The van der Waals surface area contributed by atoms with Crippen LogP contribution in [0.3, 0.4) is 0 Å². The number of aliphatic hydroxyl groups is 1. The normalized spacial score (nSPS) is 17.4. The number of aromatic amines is 1. The number of H-pyrrole nitrogens is 1. The van der Waals surface area contributed by atoms with E-state index in [-0.39, 0.29) is 11.3 Å². The average molecular weight is 496 g/mol. The second-order valence-corrected chi connectivity index (χ2v) is 9.67. The molecule has 0 bridgehead atoms. The molecule has 7 nitrogen and oxygen atoms in total. The van der Waals surface area contributed by atoms with Gasteiger partial charge in [-0.2, -0.15) is 0 Å². The van der Waals surface area contributed by atoms with Gasteiger partial charge in [-0.05, 0) is 48.4 Å². The lowest BCUT2D eigenvalue weighted by Crippen LogP contribution is -2.29. The standard InChI is InChI=1S/C28H21N3O4S/c1-15-7-12-21-22(13-15)36-28(30-21)31-24(16-8-10-17(35-2)11-9-16)23(26(33)27(31)34)25(32)19-14-29-20-6-4-3-5-18(19)20/h3-14,24,29,32H,1-2H3/b25-23+. The van der Waals surface area contributed by atoms with Crippen molar-refractivity contribution in [3.8, 4) is 5.75 Å². The highest BCUT2D eigenvalue weighted by Gasteiger charge is 2.48. The lowest BCUT2D eigenvalue weighted by molar-refractivity contribution is -0.132. The fraction of sp³-hybridized carbons (Fsp3) is 0.107. The maximum Gasteiger partial charge on any atom is 0.301 e. The number of rotatable bonds is 4. The molecular weight excluding hydrogens is 474 g/mol. The maximum absolute atomic E-state index is 13.5. The number of para-hydroxylation sites is 1. The van der Waals surface area contributed by atoms with Crippen molar-refractivity contribution in [2.45, 2.75) is 13.0 Å². The number of thiazole rings is 1. The highest BCUT2D eigenvalue weighted by atomic mass is 32.1. The third-order valence-corrected chi connectivity index (χ3v) is 7.48. The van der Waals surface area contributed by atoms with Gasteiger partial charge < -0.3 is 14.8 Å². The molecule has 2 aromatic heterocycles. The summed E-state index contributed by atoms with van der Waals surface area (Å²) >= 11 is 1.34. The van der Waals surface area contributed by atoms with Crippen molar-refractivity contribution in [3.05, 3.63) is 95.2 Å². The van der Waals surface area contributed by atoms with E-state index >= 15 is 0 Å². The predicted molar refractivity (Wildman–Crippen MR) is 140 cm³/mol. The molecule has 2 N–H and O–H groups in total. The van der Waals surface area contributed by atoms with Gasteiger partial charge in [0.25, 0.3) is 5.78 Å². The Morgan fingerprint density at radius 3 is 2.64 bits per heavy atom. The van der Waals surface area contributed by atoms with Crippen LogP contribution < -0.4 is 9.64 Å². The molecule has 1 amide bonds. The fourth-order valence-corrected chi connectivity index (χ4v) is 5.76. The molecule has 6 rings (SSSR count). The van der Waals surface area contributed by atoms with Gasteiger partial charge in [0.1, 0.15) is 11.5 Å². The van der Waals surface area contributed by atoms with E-state index in [1.54, 1.807) is 37.6 Å². The van der Waals surface area contributed by atoms with Gasteiger partial charge in [0.15, 0.2) is 5.13 Å². The lowest BCUT2D eigenvalue weighted by atomic mass is 9.95. The third kappa shape index (κ3) is 3.37. The van der Waals surface area contributed by atoms with Gasteiger partial charge in [-0.3, -0.25) is 14.5 Å². The number of methoxy groups -OCH3 is 1. The summed E-state index contributed by atoms with van der Waals surface area (Å²) in [6.45, 7) is 1.99. The minimum Gasteiger partial charge on any atom is -0.507 e. The number of hydrogen-bond acceptors (Lipinski definition) is 6. The number of hydrogen-bond donors (Lipinski definition) is 2. The van der Waals surface area contributed by atoms with E-state index in [2.05, 4.69) is 9.97 Å². The minimum absolute atomic E-state index is 0.0188. The Morgan fingerprint density at radius 1 is 1.08 bits per heavy atom. The van der Waals surface area contributed by atoms with Crippen molar-refractivity contribution >= 4 is 55.0 Å². The van der Waals surface area contributed by atoms with E-state index in [9.17, 15) is 14.7 Å². The summed E-state index contributed by atoms with van der Waals surface area (Å²) in [5.41, 5.74) is 3.77. The number of aromatic nitrogens is 2. The SMILES string of the molecule is COc1ccc(C2/C(=C(\O)c3c[nH]c4ccccc34)C(=O)C(=O)N2c2nc3ccc(C)cc3s2)cc1. The molecule has 1 saturated heterocycles. The zero-order valence-electron chi connectivity index (χ0n) is 19.5. The molecule has 1 fully saturated rings. The Hall–Kier alpha value is -4.43. The van der Waals surface area contributed by atoms with Crippen LogP contribution in [-0.2, 0) is 9.59 Å². The quantitative estimate of drug-likeness (QED) is 0.189. The number of nitrogens with one attached hydrogen (secondary N) is 1. The summed E-state index contributed by atoms with van der Waals surface area (Å²) in [6, 6.07) is 19.6. The lowest BCUT2D eigenvalue weighted by Gasteiger charge is -2.23. The van der Waals surface area contributed by atoms with Gasteiger partial charge in [-0.1, -0.05) is 47.7 Å². The molecule has 1 aliphatic rings. The van der Waals surface area contributed by atoms with Crippen LogP contribution in [0.5, 0.6) is 5.75 Å². The zero-order valence-corrected chi connectivity index (χ0v) is 20.3. The second-order valence-electron chi connectivity index (χ2n) is 8.66. The highest BCUT2D eigenvalue weighted by molar-refractivity contribution is 7.22. The fourth-order valence-electron chi connectivity index (χ4n) is 4.67. The molecule has 36 heavy (non-hydrogen) atoms. The number of Topliss-reactive ketones (excluding diaryl/α,β-unsaturated/α-hetero) is 1. The van der Waals surface area contributed by atoms with Crippen molar-refractivity contribution in [3.63, 3.8) is 0 Å². The molecule has 178 valence electrons. The maximum atomic E-state index is 13.5. The zero-order chi connectivity index (χ0) is 25.0. The smallest absolute Gasteiger partial charge is 0.301 e. The van der Waals surface area contributed by atoms with Crippen LogP contribution in [-0.4, -0.2) is 33.9 Å². The number of ketones is 1. The summed E-state index contributed by atoms with van der Waals surface area (Å²) in [4.78, 5) is 36.1. The molecule has 8 heteroatoms. The largest absolute Gasteiger partial charge is 0.507 e. The Labute approximate surface area is 210 Å². The minimum atomic E-state index is -0.855. The first-order chi connectivity index (χ1) is 17.5. The van der Waals surface area contributed by atoms with Gasteiger partial charge in [0.05, 0.1) is 28.9 Å². The van der Waals surface area contributed by atoms with Crippen LogP contribution in [0.2, 0.25) is 0 Å². The van der Waals surface area contributed by atoms with Gasteiger partial charge in [-0.15, -0.1) is 0 Å². The van der Waals surface area contributed by atoms with Crippen LogP contribution in [0.15, 0.2) is 78.5 Å². The topological polar surface area (TPSA) is 95.5 Å². The Balaban J connectivity index is 1.58. The molecular formula is C28H21N3O4S. The average Bonchev–Trinajstić information content (AvgIpc) is 3.58. The van der Waals surface area contributed by atoms with Crippen molar-refractivity contribution in [2.75, 3.05) is 12.0 Å². The van der Waals surface area contributed by atoms with E-state index in [1.165, 1.54) is 16.2 Å². The second kappa shape index (κ2) is 8.35. The van der Waals surface area contributed by atoms with E-state index in [0.717, 1.165) is 26.7 Å². The van der Waals surface area contributed by atoms with Crippen molar-refractivity contribution in [1.29, 1.82) is 0 Å². The number of fused-ring (bicyclic) bond motifs is 2. The number of nitrogens with zero attached hydrogens (tertiary/aromatic N) is 2. The molecule has 1 aliphatic heterocycles. The number of aryl methyl sites for hydroxylation is 1. The molecule has 0 saturated carbocycles. The van der Waals surface area contributed by atoms with Crippen LogP contribution >= 0.6 is 11.3 Å². The van der Waals surface area contributed by atoms with E-state index in [4.69, 9.17) is 4.74 Å². The molecule has 1 atom stereocenters. The number of carbonyl (C=O) groups is 2. The molecule has 3 aromatic carbocycles. The van der Waals surface area contributed by atoms with Crippen LogP contribution in [0.25, 0.3) is 26.9 Å². The van der Waals surface area contributed by atoms with Crippen LogP contribution in [0.1, 0.15) is 22.7 Å². The summed E-state index contributed by atoms with van der Waals surface area (Å²) in [5.74, 6) is -1.07. The summed E-state index contributed by atoms with van der Waals surface area (Å²) in [5, 5.41) is 12.6. The summed E-state index contributed by atoms with van der Waals surface area (Å²) < 4.78 is 6.21. The number of benzene rings is 3. The highest BCUT2D eigenvalue weighted by Crippen LogP contribution is 2.45. The molecule has 1 unspecified atom stereocenters. The van der Waals surface area contributed by atoms with Crippen LogP contribution in [0.4, 0.5) is 5.13 Å². The monoisotopic (exact) mass is 495 g/mol. The molecule has 0 radical (unpaired) electrons. The van der Waals surface area contributed by atoms with Crippen LogP contribution in [0, 0.1) is 6.92 Å². The van der Waals surface area contributed by atoms with Gasteiger partial charge in [-0.25, -0.2) is 4.98 Å². The van der Waals surface area contributed by atoms with Crippen molar-refractivity contribution in [2.24, 2.45) is 0 Å². The number of anilines is 1. The van der Waals surface area contributed by atoms with E-state index < -0.39 is 17.7 Å². The van der Waals surface area contributed by atoms with Gasteiger partial charge in [0, 0.05) is 22.7 Å². The van der Waals surface area contributed by atoms with E-state index in [0.29, 0.717) is 22.0 Å². The molecule has 0 spiro atoms. The van der Waals surface area contributed by atoms with Gasteiger partial charge in [0.2, 0.25) is 0 Å². The first-order valence-electron chi connectivity index (χ1n) is 11.3. The first kappa shape index (κ1) is 22.1. The Bertz CT molecular complexity index is 1700. The number of ether oxygens (including phenoxy) is 1. The first-order valence-corrected chi connectivity index (χ1v) is 12.2. The third-order valence-electron chi connectivity index (χ3n) is 6.46. The predicted octanol–water partition coefficient (Wildman–Crippen LogP) is 5.72. The Kier molecular flexibility index (Phi) is 5.12. The van der Waals surface area contributed by atoms with Crippen molar-refractivity contribution in [1.82, 2.24) is 9.97 Å². The van der Waals surface area contributed by atoms with Crippen molar-refractivity contribution < 1.29 is 19.4 Å². The van der Waals surface area contributed by atoms with E-state index in [1.807, 2.05) is 49.4 Å². The summed E-state index contributed by atoms with van der Waals surface area (Å²) in [6.07, 6.45) is 1.65. The Morgan fingerprint density at radius 2 is 1.86 bits per heavy atom. The molecule has 5 aromatic rings. The molecule has 0 aliphatic carbocycles. The van der Waals surface area contributed by atoms with Gasteiger partial charge >= 0.3 is 5.91 Å². The number of amides is 1. The summed E-state index contributed by atoms with van der Waals surface area (Å²) in [7, 11) is 1.57. The number of aliphatic hydroxyl groups excluding tert-OH is 1. The number of carbonyl (C=O) groups excluding carboxylic acids is 2. The molecule has 3 heterocycles.